The van der Waals surface area contributed by atoms with Gasteiger partial charge >= 0.3 is 0 Å². The average molecular weight is 465 g/mol. The predicted octanol–water partition coefficient (Wildman–Crippen LogP) is 2.00. The molecule has 0 spiro atoms. The number of nitrogens with one attached hydrogen (secondary N) is 2. The summed E-state index contributed by atoms with van der Waals surface area (Å²) in [4.78, 5) is 4.30. The van der Waals surface area contributed by atoms with Crippen LogP contribution in [0.15, 0.2) is 4.99 Å². The van der Waals surface area contributed by atoms with Crippen LogP contribution in [-0.2, 0) is 22.6 Å². The first-order chi connectivity index (χ1) is 11.5. The quantitative estimate of drug-likeness (QED) is 0.366. The highest BCUT2D eigenvalue weighted by Crippen LogP contribution is 2.23. The number of ether oxygens (including phenoxy) is 2. The molecule has 7 nitrogen and oxygen atoms in total. The van der Waals surface area contributed by atoms with E-state index in [1.165, 1.54) is 11.3 Å². The number of hydrogen-bond donors (Lipinski definition) is 2. The topological polar surface area (TPSA) is 72.7 Å². The second kappa shape index (κ2) is 10.3. The van der Waals surface area contributed by atoms with Gasteiger partial charge in [-0.05, 0) is 33.6 Å². The molecule has 2 rings (SSSR count). The molecule has 1 aromatic rings. The fourth-order valence-corrected chi connectivity index (χ4v) is 3.02. The van der Waals surface area contributed by atoms with E-state index in [-0.39, 0.29) is 29.6 Å². The number of aromatic nitrogens is 2. The number of hydrogen-bond acceptors (Lipinski definition) is 4. The monoisotopic (exact) mass is 465 g/mol. The third-order valence-electron chi connectivity index (χ3n) is 4.63. The lowest BCUT2D eigenvalue weighted by Gasteiger charge is -2.24. The maximum atomic E-state index is 5.81. The molecular weight excluding hydrogens is 433 g/mol. The Morgan fingerprint density at radius 1 is 1.40 bits per heavy atom. The first kappa shape index (κ1) is 22.2. The fraction of sp³-hybridized carbons (Fsp3) is 0.765. The summed E-state index contributed by atoms with van der Waals surface area (Å²) in [5.74, 6) is 0.787. The molecule has 1 atom stereocenters. The molecule has 1 aliphatic heterocycles. The lowest BCUT2D eigenvalue weighted by Crippen LogP contribution is -2.45. The summed E-state index contributed by atoms with van der Waals surface area (Å²) in [5.41, 5.74) is 3.32. The van der Waals surface area contributed by atoms with E-state index in [0.717, 1.165) is 44.2 Å². The highest BCUT2D eigenvalue weighted by molar-refractivity contribution is 14.0. The Balaban J connectivity index is 0.00000312. The summed E-state index contributed by atoms with van der Waals surface area (Å²) in [6.45, 7) is 10.0. The van der Waals surface area contributed by atoms with E-state index in [9.17, 15) is 0 Å². The molecule has 1 aliphatic rings. The van der Waals surface area contributed by atoms with E-state index in [0.29, 0.717) is 13.2 Å². The molecule has 0 amide bonds. The van der Waals surface area contributed by atoms with Gasteiger partial charge < -0.3 is 20.1 Å². The largest absolute Gasteiger partial charge is 0.383 e. The zero-order valence-corrected chi connectivity index (χ0v) is 18.3. The van der Waals surface area contributed by atoms with Crippen LogP contribution in [0.1, 0.15) is 36.7 Å². The van der Waals surface area contributed by atoms with Crippen molar-refractivity contribution in [3.05, 3.63) is 17.0 Å². The van der Waals surface area contributed by atoms with Crippen molar-refractivity contribution in [2.75, 3.05) is 33.9 Å². The Labute approximate surface area is 168 Å². The molecule has 0 aliphatic carbocycles. The van der Waals surface area contributed by atoms with E-state index in [1.54, 1.807) is 14.2 Å². The second-order valence-electron chi connectivity index (χ2n) is 6.55. The van der Waals surface area contributed by atoms with Crippen LogP contribution in [0.25, 0.3) is 0 Å². The molecule has 1 unspecified atom stereocenters. The summed E-state index contributed by atoms with van der Waals surface area (Å²) < 4.78 is 12.9. The van der Waals surface area contributed by atoms with E-state index >= 15 is 0 Å². The van der Waals surface area contributed by atoms with Crippen molar-refractivity contribution in [2.24, 2.45) is 4.99 Å². The average Bonchev–Trinajstić information content (AvgIpc) is 3.11. The van der Waals surface area contributed by atoms with Crippen molar-refractivity contribution in [3.8, 4) is 0 Å². The van der Waals surface area contributed by atoms with Gasteiger partial charge in [0, 0.05) is 45.1 Å². The first-order valence-corrected chi connectivity index (χ1v) is 8.59. The summed E-state index contributed by atoms with van der Waals surface area (Å²) in [7, 11) is 3.49. The molecule has 2 N–H and O–H groups in total. The molecule has 2 heterocycles. The van der Waals surface area contributed by atoms with E-state index in [4.69, 9.17) is 9.47 Å². The number of halogens is 1. The predicted molar refractivity (Wildman–Crippen MR) is 111 cm³/mol. The lowest BCUT2D eigenvalue weighted by molar-refractivity contribution is 0.0243. The number of guanidine groups is 1. The number of aliphatic imine (C=N–C) groups is 1. The van der Waals surface area contributed by atoms with Gasteiger partial charge in [0.15, 0.2) is 5.96 Å². The van der Waals surface area contributed by atoms with Gasteiger partial charge in [-0.25, -0.2) is 0 Å². The molecule has 0 aromatic carbocycles. The molecule has 25 heavy (non-hydrogen) atoms. The molecule has 1 saturated heterocycles. The Hall–Kier alpha value is -0.870. The molecule has 144 valence electrons. The number of aryl methyl sites for hydroxylation is 1. The zero-order chi connectivity index (χ0) is 17.6. The highest BCUT2D eigenvalue weighted by atomic mass is 127. The number of nitrogens with zero attached hydrogens (tertiary/aromatic N) is 3. The van der Waals surface area contributed by atoms with Gasteiger partial charge in [0.25, 0.3) is 0 Å². The Morgan fingerprint density at radius 2 is 2.16 bits per heavy atom. The van der Waals surface area contributed by atoms with Gasteiger partial charge in [-0.3, -0.25) is 9.67 Å². The molecular formula is C17H32IN5O2. The Bertz CT molecular complexity index is 568. The Kier molecular flexibility index (Phi) is 9.15. The summed E-state index contributed by atoms with van der Waals surface area (Å²) >= 11 is 0. The SMILES string of the molecule is CN=C(NCc1c(C)nn(CCOC)c1C)NCC1(C)CCCO1.I. The van der Waals surface area contributed by atoms with E-state index < -0.39 is 0 Å². The minimum absolute atomic E-state index is 0. The van der Waals surface area contributed by atoms with E-state index in [1.807, 2.05) is 11.6 Å². The van der Waals surface area contributed by atoms with Crippen LogP contribution >= 0.6 is 24.0 Å². The highest BCUT2D eigenvalue weighted by Gasteiger charge is 2.29. The normalized spacial score (nSPS) is 20.4. The fourth-order valence-electron chi connectivity index (χ4n) is 3.02. The zero-order valence-electron chi connectivity index (χ0n) is 16.0. The van der Waals surface area contributed by atoms with Crippen LogP contribution < -0.4 is 10.6 Å². The van der Waals surface area contributed by atoms with Crippen molar-refractivity contribution in [2.45, 2.75) is 52.3 Å². The third kappa shape index (κ3) is 6.10. The van der Waals surface area contributed by atoms with Crippen LogP contribution in [0, 0.1) is 13.8 Å². The van der Waals surface area contributed by atoms with Crippen molar-refractivity contribution < 1.29 is 9.47 Å². The summed E-state index contributed by atoms with van der Waals surface area (Å²) in [5, 5.41) is 11.3. The van der Waals surface area contributed by atoms with Crippen LogP contribution in [0.3, 0.4) is 0 Å². The maximum Gasteiger partial charge on any atom is 0.191 e. The standard InChI is InChI=1S/C17H31N5O2.HI/c1-13-15(14(2)22(21-13)8-10-23-5)11-19-16(18-4)20-12-17(3)7-6-9-24-17;/h6-12H2,1-5H3,(H2,18,19,20);1H. The van der Waals surface area contributed by atoms with Gasteiger partial charge in [0.1, 0.15) is 0 Å². The molecule has 0 saturated carbocycles. The van der Waals surface area contributed by atoms with Crippen molar-refractivity contribution >= 4 is 29.9 Å². The number of methoxy groups -OCH3 is 1. The molecule has 1 fully saturated rings. The van der Waals surface area contributed by atoms with Crippen LogP contribution in [0.2, 0.25) is 0 Å². The molecule has 1 aromatic heterocycles. The van der Waals surface area contributed by atoms with Gasteiger partial charge in [-0.2, -0.15) is 5.10 Å². The van der Waals surface area contributed by atoms with Gasteiger partial charge in [-0.15, -0.1) is 24.0 Å². The maximum absolute atomic E-state index is 5.81. The smallest absolute Gasteiger partial charge is 0.191 e. The van der Waals surface area contributed by atoms with Crippen molar-refractivity contribution in [3.63, 3.8) is 0 Å². The minimum Gasteiger partial charge on any atom is -0.383 e. The van der Waals surface area contributed by atoms with Crippen molar-refractivity contribution in [1.29, 1.82) is 0 Å². The van der Waals surface area contributed by atoms with Gasteiger partial charge in [0.2, 0.25) is 0 Å². The Morgan fingerprint density at radius 3 is 2.76 bits per heavy atom. The van der Waals surface area contributed by atoms with Crippen LogP contribution in [0.4, 0.5) is 0 Å². The van der Waals surface area contributed by atoms with Gasteiger partial charge in [-0.1, -0.05) is 0 Å². The van der Waals surface area contributed by atoms with Gasteiger partial charge in [0.05, 0.1) is 24.4 Å². The summed E-state index contributed by atoms with van der Waals surface area (Å²) in [6.07, 6.45) is 2.21. The first-order valence-electron chi connectivity index (χ1n) is 8.59. The van der Waals surface area contributed by atoms with Crippen LogP contribution in [-0.4, -0.2) is 55.3 Å². The number of rotatable bonds is 7. The van der Waals surface area contributed by atoms with E-state index in [2.05, 4.69) is 34.6 Å². The molecule has 0 radical (unpaired) electrons. The lowest BCUT2D eigenvalue weighted by atomic mass is 10.0. The minimum atomic E-state index is -0.0888. The van der Waals surface area contributed by atoms with Crippen LogP contribution in [0.5, 0.6) is 0 Å². The summed E-state index contributed by atoms with van der Waals surface area (Å²) in [6, 6.07) is 0. The second-order valence-corrected chi connectivity index (χ2v) is 6.55. The third-order valence-corrected chi connectivity index (χ3v) is 4.63. The van der Waals surface area contributed by atoms with Crippen molar-refractivity contribution in [1.82, 2.24) is 20.4 Å². The molecule has 0 bridgehead atoms. The molecule has 8 heteroatoms.